The first-order valence-electron chi connectivity index (χ1n) is 11.2. The molecule has 4 rings (SSSR count). The van der Waals surface area contributed by atoms with Crippen molar-refractivity contribution >= 4 is 18.0 Å². The molecule has 1 fully saturated rings. The number of hydrogen-bond donors (Lipinski definition) is 2. The lowest BCUT2D eigenvalue weighted by molar-refractivity contribution is 0.151. The third-order valence-electron chi connectivity index (χ3n) is 5.43. The van der Waals surface area contributed by atoms with Gasteiger partial charge in [-0.1, -0.05) is 18.2 Å². The Morgan fingerprint density at radius 2 is 1.83 bits per heavy atom. The van der Waals surface area contributed by atoms with Crippen LogP contribution in [0, 0.1) is 5.82 Å². The van der Waals surface area contributed by atoms with Crippen molar-refractivity contribution in [2.45, 2.75) is 6.43 Å². The van der Waals surface area contributed by atoms with Gasteiger partial charge in [-0.25, -0.2) is 23.6 Å². The highest BCUT2D eigenvalue weighted by atomic mass is 19.3. The van der Waals surface area contributed by atoms with Gasteiger partial charge in [-0.2, -0.15) is 10.1 Å². The number of pyridine rings is 1. The number of anilines is 2. The predicted octanol–water partition coefficient (Wildman–Crippen LogP) is 3.76. The number of hydrogen-bond acceptors (Lipinski definition) is 8. The van der Waals surface area contributed by atoms with E-state index in [1.165, 1.54) is 18.3 Å². The Morgan fingerprint density at radius 1 is 1.08 bits per heavy atom. The molecule has 3 aromatic rings. The van der Waals surface area contributed by atoms with Gasteiger partial charge in [0.1, 0.15) is 0 Å². The molecule has 0 bridgehead atoms. The number of nitrogens with zero attached hydrogens (tertiary/aromatic N) is 6. The Bertz CT molecular complexity index is 1140. The zero-order valence-electron chi connectivity index (χ0n) is 19.7. The SMILES string of the molecule is CF.OCCN1CCN(c2nc(N/N=C/c3cc(-c4cccc(C(F)F)c4)ccn3)ncc2F)CC1. The van der Waals surface area contributed by atoms with Gasteiger partial charge >= 0.3 is 0 Å². The lowest BCUT2D eigenvalue weighted by atomic mass is 10.0. The second-order valence-corrected chi connectivity index (χ2v) is 7.68. The third-order valence-corrected chi connectivity index (χ3v) is 5.43. The minimum absolute atomic E-state index is 0.0507. The number of benzene rings is 1. The molecule has 12 heteroatoms. The summed E-state index contributed by atoms with van der Waals surface area (Å²) < 4.78 is 49.8. The van der Waals surface area contributed by atoms with Crippen molar-refractivity contribution < 1.29 is 22.7 Å². The number of hydrazone groups is 1. The first-order valence-corrected chi connectivity index (χ1v) is 11.2. The predicted molar refractivity (Wildman–Crippen MR) is 131 cm³/mol. The van der Waals surface area contributed by atoms with Crippen molar-refractivity contribution in [3.05, 3.63) is 65.9 Å². The normalized spacial score (nSPS) is 14.1. The Kier molecular flexibility index (Phi) is 10.1. The maximum absolute atomic E-state index is 14.3. The van der Waals surface area contributed by atoms with E-state index < -0.39 is 12.2 Å². The number of aliphatic hydroxyl groups excluding tert-OH is 1. The van der Waals surface area contributed by atoms with E-state index in [1.807, 2.05) is 4.90 Å². The molecular formula is C24H27F4N7O. The van der Waals surface area contributed by atoms with Gasteiger partial charge in [0.05, 0.1) is 31.9 Å². The molecule has 0 spiro atoms. The van der Waals surface area contributed by atoms with Gasteiger partial charge in [-0.15, -0.1) is 0 Å². The van der Waals surface area contributed by atoms with Gasteiger partial charge < -0.3 is 10.0 Å². The van der Waals surface area contributed by atoms with Crippen LogP contribution in [0.4, 0.5) is 29.3 Å². The van der Waals surface area contributed by atoms with E-state index in [1.54, 1.807) is 30.5 Å². The molecule has 0 aliphatic carbocycles. The van der Waals surface area contributed by atoms with Crippen LogP contribution in [0.25, 0.3) is 11.1 Å². The van der Waals surface area contributed by atoms with Crippen molar-refractivity contribution in [1.29, 1.82) is 0 Å². The second-order valence-electron chi connectivity index (χ2n) is 7.68. The molecular weight excluding hydrogens is 478 g/mol. The molecule has 2 aromatic heterocycles. The standard InChI is InChI=1S/C23H24F3N7O.CH3F/c24-20-15-28-23(30-22(20)33-8-6-32(7-9-33)10-11-34)31-29-14-19-13-17(4-5-27-19)16-2-1-3-18(12-16)21(25)26;1-2/h1-5,12-15,21,34H,6-11H2,(H,28,30,31);1H3/b29-14+;. The lowest BCUT2D eigenvalue weighted by Crippen LogP contribution is -2.47. The average molecular weight is 506 g/mol. The van der Waals surface area contributed by atoms with Crippen LogP contribution in [0.1, 0.15) is 17.7 Å². The molecule has 0 radical (unpaired) electrons. The summed E-state index contributed by atoms with van der Waals surface area (Å²) in [7, 11) is 0.500. The maximum Gasteiger partial charge on any atom is 0.263 e. The van der Waals surface area contributed by atoms with Crippen molar-refractivity contribution in [2.24, 2.45) is 5.10 Å². The quantitative estimate of drug-likeness (QED) is 0.274. The van der Waals surface area contributed by atoms with Crippen LogP contribution < -0.4 is 10.3 Å². The molecule has 1 saturated heterocycles. The Morgan fingerprint density at radius 3 is 2.56 bits per heavy atom. The summed E-state index contributed by atoms with van der Waals surface area (Å²) in [6, 6.07) is 9.61. The van der Waals surface area contributed by atoms with E-state index in [-0.39, 0.29) is 23.9 Å². The van der Waals surface area contributed by atoms with E-state index in [9.17, 15) is 17.6 Å². The van der Waals surface area contributed by atoms with Gasteiger partial charge in [0.2, 0.25) is 5.95 Å². The molecule has 1 aliphatic heterocycles. The minimum atomic E-state index is -2.54. The molecule has 192 valence electrons. The molecule has 1 aliphatic rings. The van der Waals surface area contributed by atoms with Crippen molar-refractivity contribution in [3.8, 4) is 11.1 Å². The van der Waals surface area contributed by atoms with Gasteiger partial charge in [0.15, 0.2) is 11.6 Å². The molecule has 0 saturated carbocycles. The summed E-state index contributed by atoms with van der Waals surface area (Å²) in [5.41, 5.74) is 4.50. The van der Waals surface area contributed by atoms with Gasteiger partial charge in [-0.3, -0.25) is 14.3 Å². The topological polar surface area (TPSA) is 89.8 Å². The summed E-state index contributed by atoms with van der Waals surface area (Å²) in [4.78, 5) is 16.3. The average Bonchev–Trinajstić information content (AvgIpc) is 2.92. The zero-order chi connectivity index (χ0) is 25.9. The van der Waals surface area contributed by atoms with E-state index >= 15 is 0 Å². The molecule has 36 heavy (non-hydrogen) atoms. The van der Waals surface area contributed by atoms with E-state index in [0.717, 1.165) is 11.8 Å². The van der Waals surface area contributed by atoms with Crippen LogP contribution in [0.2, 0.25) is 0 Å². The third kappa shape index (κ3) is 7.18. The lowest BCUT2D eigenvalue weighted by Gasteiger charge is -2.35. The number of alkyl halides is 3. The Hall–Kier alpha value is -3.64. The Balaban J connectivity index is 0.00000176. The van der Waals surface area contributed by atoms with Crippen molar-refractivity contribution in [1.82, 2.24) is 19.9 Å². The molecule has 0 amide bonds. The number of piperazine rings is 1. The molecule has 1 aromatic carbocycles. The number of aliphatic hydroxyl groups is 1. The molecule has 0 atom stereocenters. The van der Waals surface area contributed by atoms with Crippen molar-refractivity contribution in [2.75, 3.05) is 56.8 Å². The van der Waals surface area contributed by atoms with Crippen LogP contribution in [-0.2, 0) is 0 Å². The summed E-state index contributed by atoms with van der Waals surface area (Å²) in [5, 5.41) is 13.1. The number of aromatic nitrogens is 3. The minimum Gasteiger partial charge on any atom is -0.395 e. The largest absolute Gasteiger partial charge is 0.395 e. The van der Waals surface area contributed by atoms with Gasteiger partial charge in [0.25, 0.3) is 6.43 Å². The molecule has 8 nitrogen and oxygen atoms in total. The molecule has 2 N–H and O–H groups in total. The van der Waals surface area contributed by atoms with Crippen LogP contribution in [-0.4, -0.2) is 77.7 Å². The summed E-state index contributed by atoms with van der Waals surface area (Å²) in [5.74, 6) is -0.202. The number of nitrogens with one attached hydrogen (secondary N) is 1. The second kappa shape index (κ2) is 13.4. The summed E-state index contributed by atoms with van der Waals surface area (Å²) in [6.45, 7) is 3.25. The first kappa shape index (κ1) is 27.0. The Labute approximate surface area is 206 Å². The van der Waals surface area contributed by atoms with E-state index in [2.05, 4.69) is 30.4 Å². The summed E-state index contributed by atoms with van der Waals surface area (Å²) >= 11 is 0. The van der Waals surface area contributed by atoms with Crippen LogP contribution >= 0.6 is 0 Å². The maximum atomic E-state index is 14.3. The fourth-order valence-electron chi connectivity index (χ4n) is 3.67. The monoisotopic (exact) mass is 505 g/mol. The van der Waals surface area contributed by atoms with Gasteiger partial charge in [-0.05, 0) is 29.3 Å². The fraction of sp³-hybridized carbons (Fsp3) is 0.333. The van der Waals surface area contributed by atoms with E-state index in [0.29, 0.717) is 51.2 Å². The number of rotatable bonds is 8. The van der Waals surface area contributed by atoms with Crippen LogP contribution in [0.5, 0.6) is 0 Å². The van der Waals surface area contributed by atoms with Crippen molar-refractivity contribution in [3.63, 3.8) is 0 Å². The first-order chi connectivity index (χ1) is 17.5. The highest BCUT2D eigenvalue weighted by molar-refractivity contribution is 5.80. The molecule has 0 unspecified atom stereocenters. The van der Waals surface area contributed by atoms with E-state index in [4.69, 9.17) is 5.11 Å². The fourth-order valence-corrected chi connectivity index (χ4v) is 3.67. The number of β-amino-alcohol motifs (C(OH)–C–C–N with tert-alkyl or cyclic N) is 1. The highest BCUT2D eigenvalue weighted by Crippen LogP contribution is 2.25. The zero-order valence-corrected chi connectivity index (χ0v) is 19.7. The smallest absolute Gasteiger partial charge is 0.263 e. The van der Waals surface area contributed by atoms with Crippen LogP contribution in [0.15, 0.2) is 53.9 Å². The number of halogens is 4. The molecule has 3 heterocycles. The van der Waals surface area contributed by atoms with Crippen LogP contribution in [0.3, 0.4) is 0 Å². The van der Waals surface area contributed by atoms with Gasteiger partial charge in [0, 0.05) is 44.5 Å². The highest BCUT2D eigenvalue weighted by Gasteiger charge is 2.21. The summed E-state index contributed by atoms with van der Waals surface area (Å²) in [6.07, 6.45) is 1.56.